The highest BCUT2D eigenvalue weighted by atomic mass is 32.2. The third kappa shape index (κ3) is 6.16. The number of carbonyl (C=O) groups excluding carboxylic acids is 1. The van der Waals surface area contributed by atoms with Crippen LogP contribution in [0.15, 0.2) is 71.8 Å². The molecule has 0 aliphatic carbocycles. The fraction of sp³-hybridized carbons (Fsp3) is 0.441. The van der Waals surface area contributed by atoms with Gasteiger partial charge >= 0.3 is 0 Å². The van der Waals surface area contributed by atoms with Gasteiger partial charge < -0.3 is 25.1 Å². The van der Waals surface area contributed by atoms with Crippen molar-refractivity contribution in [2.75, 3.05) is 62.9 Å². The van der Waals surface area contributed by atoms with Crippen LogP contribution in [0.3, 0.4) is 0 Å². The molecule has 2 N–H and O–H groups in total. The number of hydrogen-bond acceptors (Lipinski definition) is 8. The minimum absolute atomic E-state index is 0.0609. The van der Waals surface area contributed by atoms with E-state index < -0.39 is 0 Å². The molecule has 2 fully saturated rings. The number of benzene rings is 2. The summed E-state index contributed by atoms with van der Waals surface area (Å²) in [7, 11) is 1.92. The third-order valence-electron chi connectivity index (χ3n) is 9.67. The maximum atomic E-state index is 13.2. The summed E-state index contributed by atoms with van der Waals surface area (Å²) >= 11 is 1.73. The summed E-state index contributed by atoms with van der Waals surface area (Å²) in [5, 5.41) is 18.5. The van der Waals surface area contributed by atoms with Crippen molar-refractivity contribution >= 4 is 40.6 Å². The van der Waals surface area contributed by atoms with Crippen LogP contribution in [-0.4, -0.2) is 94.1 Å². The Labute approximate surface area is 264 Å². The summed E-state index contributed by atoms with van der Waals surface area (Å²) < 4.78 is 1.81. The number of piperidine rings is 2. The van der Waals surface area contributed by atoms with Crippen LogP contribution in [-0.2, 0) is 5.41 Å². The van der Waals surface area contributed by atoms with Gasteiger partial charge in [0.25, 0.3) is 5.91 Å². The molecular formula is C34H43N7O2S. The standard InChI is InChI=1S/C34H43N7O2S/c1-4-39-20-15-28(16-21-39)38(2)32(43)25-7-11-27(12-8-25)35-33-36-31-30(6-5-19-41(31)37-33)40-22-17-34(24-42,18-23-40)26-9-13-29(44-3)14-10-26/h5-14,19,28,42H,4,15-18,20-24H2,1-3H3,(H,35,37). The number of amides is 1. The van der Waals surface area contributed by atoms with Crippen LogP contribution in [0.1, 0.15) is 48.5 Å². The van der Waals surface area contributed by atoms with Crippen LogP contribution in [0.4, 0.5) is 17.3 Å². The number of fused-ring (bicyclic) bond motifs is 1. The lowest BCUT2D eigenvalue weighted by Crippen LogP contribution is -2.45. The minimum Gasteiger partial charge on any atom is -0.395 e. The van der Waals surface area contributed by atoms with Gasteiger partial charge in [-0.15, -0.1) is 16.9 Å². The van der Waals surface area contributed by atoms with Crippen LogP contribution in [0.2, 0.25) is 0 Å². The van der Waals surface area contributed by atoms with Crippen molar-refractivity contribution in [2.45, 2.75) is 49.0 Å². The predicted molar refractivity (Wildman–Crippen MR) is 178 cm³/mol. The van der Waals surface area contributed by atoms with E-state index >= 15 is 0 Å². The first-order chi connectivity index (χ1) is 21.4. The van der Waals surface area contributed by atoms with Gasteiger partial charge in [0.1, 0.15) is 0 Å². The first-order valence-electron chi connectivity index (χ1n) is 15.7. The summed E-state index contributed by atoms with van der Waals surface area (Å²) in [5.74, 6) is 0.567. The van der Waals surface area contributed by atoms with Gasteiger partial charge in [-0.25, -0.2) is 4.52 Å². The van der Waals surface area contributed by atoms with Crippen molar-refractivity contribution in [2.24, 2.45) is 0 Å². The molecule has 1 amide bonds. The molecule has 9 nitrogen and oxygen atoms in total. The molecule has 2 aromatic heterocycles. The highest BCUT2D eigenvalue weighted by Gasteiger charge is 2.36. The van der Waals surface area contributed by atoms with Gasteiger partial charge in [-0.2, -0.15) is 4.98 Å². The van der Waals surface area contributed by atoms with E-state index in [1.807, 2.05) is 53.0 Å². The van der Waals surface area contributed by atoms with Crippen LogP contribution in [0.25, 0.3) is 5.65 Å². The van der Waals surface area contributed by atoms with Crippen molar-refractivity contribution in [3.05, 3.63) is 78.0 Å². The molecule has 0 bridgehead atoms. The molecule has 232 valence electrons. The first kappa shape index (κ1) is 30.4. The van der Waals surface area contributed by atoms with Crippen molar-refractivity contribution < 1.29 is 9.90 Å². The van der Waals surface area contributed by atoms with Crippen molar-refractivity contribution in [3.63, 3.8) is 0 Å². The van der Waals surface area contributed by atoms with Crippen molar-refractivity contribution in [1.29, 1.82) is 0 Å². The van der Waals surface area contributed by atoms with E-state index in [9.17, 15) is 9.90 Å². The Balaban J connectivity index is 1.11. The van der Waals surface area contributed by atoms with Gasteiger partial charge in [0, 0.05) is 67.0 Å². The highest BCUT2D eigenvalue weighted by Crippen LogP contribution is 2.38. The van der Waals surface area contributed by atoms with Gasteiger partial charge in [-0.1, -0.05) is 19.1 Å². The number of aliphatic hydroxyl groups excluding tert-OH is 1. The molecule has 6 rings (SSSR count). The Morgan fingerprint density at radius 3 is 2.39 bits per heavy atom. The van der Waals surface area contributed by atoms with Crippen LogP contribution in [0, 0.1) is 0 Å². The summed E-state index contributed by atoms with van der Waals surface area (Å²) in [5.41, 5.74) is 4.32. The lowest BCUT2D eigenvalue weighted by Gasteiger charge is -2.42. The molecule has 0 unspecified atom stereocenters. The van der Waals surface area contributed by atoms with Gasteiger partial charge in [-0.05, 0) is 92.6 Å². The Hall–Kier alpha value is -3.60. The number of thioether (sulfide) groups is 1. The van der Waals surface area contributed by atoms with E-state index in [1.165, 1.54) is 10.5 Å². The van der Waals surface area contributed by atoms with Crippen molar-refractivity contribution in [1.82, 2.24) is 24.4 Å². The number of nitrogens with one attached hydrogen (secondary N) is 1. The molecule has 2 saturated heterocycles. The summed E-state index contributed by atoms with van der Waals surface area (Å²) in [6.07, 6.45) is 7.75. The zero-order valence-electron chi connectivity index (χ0n) is 25.9. The van der Waals surface area contributed by atoms with Crippen LogP contribution >= 0.6 is 11.8 Å². The molecular weight excluding hydrogens is 570 g/mol. The molecule has 4 aromatic rings. The zero-order valence-corrected chi connectivity index (χ0v) is 26.8. The SMILES string of the molecule is CCN1CCC(N(C)C(=O)c2ccc(Nc3nc4c(N5CCC(CO)(c6ccc(SC)cc6)CC5)cccn4n3)cc2)CC1. The Bertz CT molecular complexity index is 1560. The predicted octanol–water partition coefficient (Wildman–Crippen LogP) is 5.28. The number of nitrogens with zero attached hydrogens (tertiary/aromatic N) is 6. The minimum atomic E-state index is -0.228. The second-order valence-corrected chi connectivity index (χ2v) is 12.9. The number of pyridine rings is 1. The summed E-state index contributed by atoms with van der Waals surface area (Å²) in [6.45, 7) is 7.13. The molecule has 0 saturated carbocycles. The van der Waals surface area contributed by atoms with E-state index in [2.05, 4.69) is 63.7 Å². The van der Waals surface area contributed by atoms with Crippen molar-refractivity contribution in [3.8, 4) is 0 Å². The Morgan fingerprint density at radius 1 is 1.05 bits per heavy atom. The molecule has 10 heteroatoms. The average Bonchev–Trinajstić information content (AvgIpc) is 3.51. The maximum Gasteiger partial charge on any atom is 0.253 e. The quantitative estimate of drug-likeness (QED) is 0.247. The summed E-state index contributed by atoms with van der Waals surface area (Å²) in [4.78, 5) is 26.0. The van der Waals surface area contributed by atoms with E-state index in [4.69, 9.17) is 4.98 Å². The van der Waals surface area contributed by atoms with Gasteiger partial charge in [0.05, 0.1) is 12.3 Å². The highest BCUT2D eigenvalue weighted by molar-refractivity contribution is 7.98. The Kier molecular flexibility index (Phi) is 9.11. The van der Waals surface area contributed by atoms with E-state index in [1.54, 1.807) is 11.8 Å². The fourth-order valence-electron chi connectivity index (χ4n) is 6.67. The van der Waals surface area contributed by atoms with E-state index in [0.29, 0.717) is 11.5 Å². The molecule has 0 radical (unpaired) electrons. The largest absolute Gasteiger partial charge is 0.395 e. The number of likely N-dealkylation sites (tertiary alicyclic amines) is 1. The van der Waals surface area contributed by atoms with E-state index in [0.717, 1.165) is 75.4 Å². The second-order valence-electron chi connectivity index (χ2n) is 12.0. The zero-order chi connectivity index (χ0) is 30.7. The second kappa shape index (κ2) is 13.2. The number of aromatic nitrogens is 3. The van der Waals surface area contributed by atoms with Crippen LogP contribution < -0.4 is 10.2 Å². The smallest absolute Gasteiger partial charge is 0.253 e. The average molecular weight is 614 g/mol. The molecule has 2 aliphatic heterocycles. The molecule has 2 aromatic carbocycles. The summed E-state index contributed by atoms with van der Waals surface area (Å²) in [6, 6.07) is 20.6. The number of carbonyl (C=O) groups is 1. The first-order valence-corrected chi connectivity index (χ1v) is 16.9. The Morgan fingerprint density at radius 2 is 1.75 bits per heavy atom. The normalized spacial score (nSPS) is 17.6. The van der Waals surface area contributed by atoms with Gasteiger partial charge in [-0.3, -0.25) is 4.79 Å². The lowest BCUT2D eigenvalue weighted by atomic mass is 9.73. The van der Waals surface area contributed by atoms with E-state index in [-0.39, 0.29) is 24.0 Å². The van der Waals surface area contributed by atoms with Gasteiger partial charge in [0.15, 0.2) is 5.65 Å². The fourth-order valence-corrected chi connectivity index (χ4v) is 7.08. The molecule has 44 heavy (non-hydrogen) atoms. The lowest BCUT2D eigenvalue weighted by molar-refractivity contribution is 0.0647. The molecule has 0 spiro atoms. The number of rotatable bonds is 9. The monoisotopic (exact) mass is 613 g/mol. The number of aliphatic hydroxyl groups is 1. The third-order valence-corrected chi connectivity index (χ3v) is 10.4. The number of anilines is 3. The molecule has 4 heterocycles. The maximum absolute atomic E-state index is 13.2. The topological polar surface area (TPSA) is 89.2 Å². The molecule has 0 atom stereocenters. The molecule has 2 aliphatic rings. The number of hydrogen-bond donors (Lipinski definition) is 2. The van der Waals surface area contributed by atoms with Gasteiger partial charge in [0.2, 0.25) is 5.95 Å². The van der Waals surface area contributed by atoms with Crippen LogP contribution in [0.5, 0.6) is 0 Å².